The maximum atomic E-state index is 13.3. The van der Waals surface area contributed by atoms with Gasteiger partial charge in [0, 0.05) is 77.4 Å². The van der Waals surface area contributed by atoms with Crippen molar-refractivity contribution in [1.29, 1.82) is 0 Å². The summed E-state index contributed by atoms with van der Waals surface area (Å²) in [7, 11) is 4.90. The Morgan fingerprint density at radius 1 is 1.12 bits per heavy atom. The van der Waals surface area contributed by atoms with E-state index < -0.39 is 0 Å². The predicted octanol–water partition coefficient (Wildman–Crippen LogP) is 6.94. The van der Waals surface area contributed by atoms with E-state index in [1.807, 2.05) is 60.7 Å². The van der Waals surface area contributed by atoms with E-state index in [9.17, 15) is 4.79 Å². The van der Waals surface area contributed by atoms with Gasteiger partial charge in [-0.05, 0) is 60.9 Å². The molecule has 2 unspecified atom stereocenters. The average molecular weight is 652 g/mol. The maximum absolute atomic E-state index is 13.3. The Kier molecular flexibility index (Phi) is 17.0. The number of pyridine rings is 1. The number of ketones is 1. The van der Waals surface area contributed by atoms with Crippen LogP contribution in [0.2, 0.25) is 0 Å². The molecule has 3 aromatic rings. The minimum atomic E-state index is 0. The Balaban J connectivity index is 0.000000399. The van der Waals surface area contributed by atoms with Crippen molar-refractivity contribution in [1.82, 2.24) is 4.98 Å². The number of carbonyl (C=O) groups is 1. The number of hydrogen-bond donors (Lipinski definition) is 1. The van der Waals surface area contributed by atoms with Crippen molar-refractivity contribution in [3.63, 3.8) is 0 Å². The third-order valence-corrected chi connectivity index (χ3v) is 7.46. The average Bonchev–Trinajstić information content (AvgIpc) is 3.56. The third-order valence-electron chi connectivity index (χ3n) is 7.46. The SMILES string of the molecule is C=CC1C[N-]CCC1CCC(=O)c1cc(N2CCCC2)nc2ccc(OC)cc12.COC.OOCc1ccccc1.[Y]. The fourth-order valence-electron chi connectivity index (χ4n) is 5.24. The van der Waals surface area contributed by atoms with Crippen molar-refractivity contribution in [3.05, 3.63) is 83.7 Å². The number of benzene rings is 2. The number of hydrogen-bond acceptors (Lipinski definition) is 7. The number of aromatic nitrogens is 1. The predicted molar refractivity (Wildman–Crippen MR) is 165 cm³/mol. The van der Waals surface area contributed by atoms with Crippen LogP contribution in [0.4, 0.5) is 5.82 Å². The molecule has 2 saturated heterocycles. The third kappa shape index (κ3) is 10.8. The number of piperidine rings is 1. The number of anilines is 1. The van der Waals surface area contributed by atoms with E-state index in [-0.39, 0.29) is 45.1 Å². The summed E-state index contributed by atoms with van der Waals surface area (Å²) < 4.78 is 9.65. The summed E-state index contributed by atoms with van der Waals surface area (Å²) >= 11 is 0. The van der Waals surface area contributed by atoms with Crippen molar-refractivity contribution in [2.45, 2.75) is 38.7 Å². The van der Waals surface area contributed by atoms with Crippen molar-refractivity contribution in [3.8, 4) is 5.75 Å². The van der Waals surface area contributed by atoms with E-state index in [0.29, 0.717) is 18.3 Å². The topological polar surface area (TPSA) is 95.2 Å². The molecule has 42 heavy (non-hydrogen) atoms. The van der Waals surface area contributed by atoms with Crippen LogP contribution in [0.5, 0.6) is 5.75 Å². The summed E-state index contributed by atoms with van der Waals surface area (Å²) in [5.41, 5.74) is 2.60. The molecule has 0 amide bonds. The van der Waals surface area contributed by atoms with Crippen molar-refractivity contribution >= 4 is 22.5 Å². The molecule has 8 nitrogen and oxygen atoms in total. The molecule has 2 aliphatic heterocycles. The normalized spacial score (nSPS) is 17.7. The molecule has 0 spiro atoms. The summed E-state index contributed by atoms with van der Waals surface area (Å²) in [5, 5.41) is 13.4. The van der Waals surface area contributed by atoms with Crippen LogP contribution < -0.4 is 9.64 Å². The summed E-state index contributed by atoms with van der Waals surface area (Å²) in [6, 6.07) is 17.3. The summed E-state index contributed by atoms with van der Waals surface area (Å²) in [5.74, 6) is 2.75. The standard InChI is InChI=1S/C24H30N3O2.C7H8O2.C2H6O.Y/c1-3-17-16-25-11-10-18(17)6-9-23(28)21-15-24(27-12-4-5-13-27)26-22-8-7-19(29-2)14-20(21)22;8-9-6-7-4-2-1-3-5-7;1-3-2;/h3,7-8,14-15,17-18H,1,4-6,9-13,16H2,2H3;1-5,8H,6H2;1-2H3;/q-1;;;. The molecule has 1 radical (unpaired) electrons. The second-order valence-corrected chi connectivity index (χ2v) is 10.3. The fraction of sp³-hybridized carbons (Fsp3) is 0.455. The van der Waals surface area contributed by atoms with Gasteiger partial charge in [-0.2, -0.15) is 0 Å². The molecule has 5 rings (SSSR count). The quantitative estimate of drug-likeness (QED) is 0.116. The second kappa shape index (κ2) is 19.9. The zero-order chi connectivity index (χ0) is 29.5. The van der Waals surface area contributed by atoms with Gasteiger partial charge in [-0.3, -0.25) is 10.1 Å². The maximum Gasteiger partial charge on any atom is 0.163 e. The Labute approximate surface area is 275 Å². The van der Waals surface area contributed by atoms with Gasteiger partial charge in [-0.15, -0.1) is 19.7 Å². The van der Waals surface area contributed by atoms with E-state index in [2.05, 4.69) is 26.4 Å². The molecule has 0 aliphatic carbocycles. The molecule has 1 N–H and O–H groups in total. The number of methoxy groups -OCH3 is 2. The Morgan fingerprint density at radius 2 is 1.83 bits per heavy atom. The number of Topliss-reactive ketones (excluding diaryl/α,β-unsaturated/α-hetero) is 1. The minimum Gasteiger partial charge on any atom is -0.662 e. The number of ether oxygens (including phenoxy) is 2. The zero-order valence-electron chi connectivity index (χ0n) is 25.2. The van der Waals surface area contributed by atoms with Gasteiger partial charge in [0.1, 0.15) is 18.2 Å². The Bertz CT molecular complexity index is 1220. The van der Waals surface area contributed by atoms with E-state index in [1.54, 1.807) is 21.3 Å². The second-order valence-electron chi connectivity index (χ2n) is 10.3. The van der Waals surface area contributed by atoms with Gasteiger partial charge in [0.05, 0.1) is 12.6 Å². The largest absolute Gasteiger partial charge is 0.662 e. The van der Waals surface area contributed by atoms with E-state index in [4.69, 9.17) is 15.0 Å². The van der Waals surface area contributed by atoms with E-state index in [1.165, 1.54) is 12.8 Å². The summed E-state index contributed by atoms with van der Waals surface area (Å²) in [6.07, 6.45) is 6.86. The van der Waals surface area contributed by atoms with Gasteiger partial charge in [-0.25, -0.2) is 9.87 Å². The molecular weight excluding hydrogens is 607 g/mol. The van der Waals surface area contributed by atoms with Gasteiger partial charge in [0.2, 0.25) is 0 Å². The van der Waals surface area contributed by atoms with Crippen molar-refractivity contribution < 1.29 is 57.1 Å². The van der Waals surface area contributed by atoms with Crippen LogP contribution in [0.15, 0.2) is 67.3 Å². The Hall–Kier alpha value is -2.20. The van der Waals surface area contributed by atoms with Crippen molar-refractivity contribution in [2.24, 2.45) is 11.8 Å². The Morgan fingerprint density at radius 3 is 2.48 bits per heavy atom. The first-order chi connectivity index (χ1) is 20.0. The van der Waals surface area contributed by atoms with Crippen molar-refractivity contribution in [2.75, 3.05) is 52.4 Å². The van der Waals surface area contributed by atoms with Crippen LogP contribution in [0.3, 0.4) is 0 Å². The van der Waals surface area contributed by atoms with Crippen LogP contribution in [0.25, 0.3) is 16.2 Å². The van der Waals surface area contributed by atoms with Gasteiger partial charge < -0.3 is 19.7 Å². The van der Waals surface area contributed by atoms with E-state index in [0.717, 1.165) is 72.6 Å². The van der Waals surface area contributed by atoms with E-state index >= 15 is 0 Å². The molecule has 2 aromatic carbocycles. The van der Waals surface area contributed by atoms with Gasteiger partial charge >= 0.3 is 0 Å². The van der Waals surface area contributed by atoms with Crippen LogP contribution in [-0.2, 0) is 48.9 Å². The smallest absolute Gasteiger partial charge is 0.163 e. The molecule has 3 heterocycles. The molecular formula is C33H44N3O5Y-. The van der Waals surface area contributed by atoms with Crippen LogP contribution >= 0.6 is 0 Å². The van der Waals surface area contributed by atoms with Crippen LogP contribution in [-0.4, -0.2) is 63.5 Å². The van der Waals surface area contributed by atoms with Gasteiger partial charge in [-0.1, -0.05) is 42.8 Å². The number of rotatable bonds is 9. The summed E-state index contributed by atoms with van der Waals surface area (Å²) in [4.78, 5) is 24.4. The number of carbonyl (C=O) groups excluding carboxylic acids is 1. The molecule has 2 aliphatic rings. The molecule has 2 atom stereocenters. The summed E-state index contributed by atoms with van der Waals surface area (Å²) in [6.45, 7) is 7.99. The number of fused-ring (bicyclic) bond motifs is 1. The first-order valence-corrected chi connectivity index (χ1v) is 14.3. The molecule has 0 saturated carbocycles. The first-order valence-electron chi connectivity index (χ1n) is 14.3. The zero-order valence-corrected chi connectivity index (χ0v) is 28.0. The van der Waals surface area contributed by atoms with Gasteiger partial charge in [0.25, 0.3) is 0 Å². The molecule has 0 bridgehead atoms. The first kappa shape index (κ1) is 36.0. The number of nitrogens with zero attached hydrogens (tertiary/aromatic N) is 3. The minimum absolute atomic E-state index is 0. The molecule has 2 fully saturated rings. The molecule has 1 aromatic heterocycles. The molecule has 9 heteroatoms. The molecule has 225 valence electrons. The fourth-order valence-corrected chi connectivity index (χ4v) is 5.24. The van der Waals surface area contributed by atoms with Gasteiger partial charge in [0.15, 0.2) is 5.78 Å². The van der Waals surface area contributed by atoms with Crippen LogP contribution in [0, 0.1) is 11.8 Å². The van der Waals surface area contributed by atoms with Crippen LogP contribution in [0.1, 0.15) is 48.0 Å². The monoisotopic (exact) mass is 651 g/mol.